The molecule has 2 fully saturated rings. The maximum Gasteiger partial charge on any atom is 0.222 e. The maximum atomic E-state index is 6.08. The Kier molecular flexibility index (Phi) is 5.19. The van der Waals surface area contributed by atoms with Crippen LogP contribution in [0, 0.1) is 6.92 Å². The molecular formula is C19H26N4O3. The van der Waals surface area contributed by atoms with E-state index < -0.39 is 0 Å². The van der Waals surface area contributed by atoms with Gasteiger partial charge in [0, 0.05) is 39.5 Å². The summed E-state index contributed by atoms with van der Waals surface area (Å²) < 4.78 is 19.7. The van der Waals surface area contributed by atoms with Gasteiger partial charge in [0.1, 0.15) is 5.75 Å². The molecule has 7 heteroatoms. The highest BCUT2D eigenvalue weighted by Gasteiger charge is 2.32. The second-order valence-electron chi connectivity index (χ2n) is 6.98. The Hall–Kier alpha value is -1.96. The lowest BCUT2D eigenvalue weighted by Crippen LogP contribution is -2.47. The van der Waals surface area contributed by atoms with E-state index in [4.69, 9.17) is 14.2 Å². The van der Waals surface area contributed by atoms with Gasteiger partial charge in [0.25, 0.3) is 0 Å². The second-order valence-corrected chi connectivity index (χ2v) is 6.98. The van der Waals surface area contributed by atoms with Crippen LogP contribution >= 0.6 is 0 Å². The highest BCUT2D eigenvalue weighted by molar-refractivity contribution is 5.34. The molecule has 2 aliphatic rings. The first kappa shape index (κ1) is 17.5. The Morgan fingerprint density at radius 2 is 2.15 bits per heavy atom. The van der Waals surface area contributed by atoms with Gasteiger partial charge in [0.15, 0.2) is 0 Å². The van der Waals surface area contributed by atoms with Crippen molar-refractivity contribution in [1.82, 2.24) is 19.7 Å². The van der Waals surface area contributed by atoms with Crippen LogP contribution in [0.1, 0.15) is 24.1 Å². The Labute approximate surface area is 153 Å². The Balaban J connectivity index is 1.48. The summed E-state index contributed by atoms with van der Waals surface area (Å²) in [5.74, 6) is 1.49. The van der Waals surface area contributed by atoms with Gasteiger partial charge < -0.3 is 14.2 Å². The highest BCUT2D eigenvalue weighted by atomic mass is 16.5. The molecule has 2 aromatic rings. The van der Waals surface area contributed by atoms with Crippen molar-refractivity contribution in [2.75, 3.05) is 26.3 Å². The molecule has 0 aromatic carbocycles. The van der Waals surface area contributed by atoms with Crippen LogP contribution in [0.2, 0.25) is 0 Å². The van der Waals surface area contributed by atoms with Crippen LogP contribution in [0.3, 0.4) is 0 Å². The van der Waals surface area contributed by atoms with Crippen molar-refractivity contribution in [2.45, 2.75) is 38.5 Å². The summed E-state index contributed by atoms with van der Waals surface area (Å²) in [6.45, 7) is 6.21. The first-order valence-corrected chi connectivity index (χ1v) is 9.26. The summed E-state index contributed by atoms with van der Waals surface area (Å²) in [5.41, 5.74) is 2.11. The Morgan fingerprint density at radius 1 is 1.27 bits per heavy atom. The predicted molar refractivity (Wildman–Crippen MR) is 96.2 cm³/mol. The van der Waals surface area contributed by atoms with Crippen LogP contribution in [-0.2, 0) is 23.1 Å². The molecule has 0 aliphatic carbocycles. The van der Waals surface area contributed by atoms with Gasteiger partial charge in [-0.05, 0) is 31.9 Å². The monoisotopic (exact) mass is 358 g/mol. The van der Waals surface area contributed by atoms with E-state index in [0.29, 0.717) is 0 Å². The standard InChI is InChI=1S/C19H26N4O3/c1-14-16(19(22(2)21-14)26-15-5-3-7-20-11-15)12-23-8-10-25-18(13-23)17-6-4-9-24-17/h3,5,7,11,17-18H,4,6,8-10,12-13H2,1-2H3/t17-,18-/m1/s1. The molecule has 26 heavy (non-hydrogen) atoms. The van der Waals surface area contributed by atoms with E-state index in [-0.39, 0.29) is 12.2 Å². The second kappa shape index (κ2) is 7.73. The molecule has 0 amide bonds. The van der Waals surface area contributed by atoms with Crippen molar-refractivity contribution in [3.63, 3.8) is 0 Å². The molecule has 0 N–H and O–H groups in total. The molecule has 2 saturated heterocycles. The van der Waals surface area contributed by atoms with E-state index >= 15 is 0 Å². The Morgan fingerprint density at radius 3 is 2.92 bits per heavy atom. The fraction of sp³-hybridized carbons (Fsp3) is 0.579. The molecule has 0 unspecified atom stereocenters. The number of aromatic nitrogens is 3. The van der Waals surface area contributed by atoms with Gasteiger partial charge in [-0.2, -0.15) is 5.10 Å². The van der Waals surface area contributed by atoms with E-state index in [1.54, 1.807) is 17.1 Å². The van der Waals surface area contributed by atoms with Gasteiger partial charge in [-0.25, -0.2) is 4.68 Å². The molecule has 4 heterocycles. The largest absolute Gasteiger partial charge is 0.437 e. The molecular weight excluding hydrogens is 332 g/mol. The lowest BCUT2D eigenvalue weighted by atomic mass is 10.1. The van der Waals surface area contributed by atoms with E-state index in [9.17, 15) is 0 Å². The normalized spacial score (nSPS) is 24.1. The van der Waals surface area contributed by atoms with E-state index in [1.807, 2.05) is 26.1 Å². The van der Waals surface area contributed by atoms with Gasteiger partial charge in [-0.1, -0.05) is 0 Å². The SMILES string of the molecule is Cc1nn(C)c(Oc2cccnc2)c1CN1CCO[C@@H]([C@H]2CCCO2)C1. The maximum absolute atomic E-state index is 6.08. The summed E-state index contributed by atoms with van der Waals surface area (Å²) in [4.78, 5) is 6.53. The zero-order chi connectivity index (χ0) is 17.9. The third kappa shape index (κ3) is 3.75. The quantitative estimate of drug-likeness (QED) is 0.817. The minimum absolute atomic E-state index is 0.158. The molecule has 4 rings (SSSR count). The van der Waals surface area contributed by atoms with Gasteiger partial charge in [0.2, 0.25) is 5.88 Å². The molecule has 0 bridgehead atoms. The fourth-order valence-corrected chi connectivity index (χ4v) is 3.73. The summed E-state index contributed by atoms with van der Waals surface area (Å²) in [7, 11) is 1.91. The Bertz CT molecular complexity index is 728. The van der Waals surface area contributed by atoms with Gasteiger partial charge in [-0.3, -0.25) is 9.88 Å². The molecule has 2 atom stereocenters. The average molecular weight is 358 g/mol. The number of pyridine rings is 1. The average Bonchev–Trinajstić information content (AvgIpc) is 3.28. The topological polar surface area (TPSA) is 61.6 Å². The van der Waals surface area contributed by atoms with E-state index in [0.717, 1.165) is 68.6 Å². The summed E-state index contributed by atoms with van der Waals surface area (Å²) in [6, 6.07) is 3.77. The molecule has 2 aromatic heterocycles. The van der Waals surface area contributed by atoms with Crippen LogP contribution in [0.5, 0.6) is 11.6 Å². The zero-order valence-corrected chi connectivity index (χ0v) is 15.4. The summed E-state index contributed by atoms with van der Waals surface area (Å²) in [5, 5.41) is 4.56. The zero-order valence-electron chi connectivity index (χ0n) is 15.4. The number of ether oxygens (including phenoxy) is 3. The number of nitrogens with zero attached hydrogens (tertiary/aromatic N) is 4. The molecule has 0 spiro atoms. The molecule has 140 valence electrons. The fourth-order valence-electron chi connectivity index (χ4n) is 3.73. The number of morpholine rings is 1. The van der Waals surface area contributed by atoms with Crippen LogP contribution in [0.15, 0.2) is 24.5 Å². The first-order valence-electron chi connectivity index (χ1n) is 9.26. The van der Waals surface area contributed by atoms with Crippen molar-refractivity contribution in [3.8, 4) is 11.6 Å². The van der Waals surface area contributed by atoms with Crippen LogP contribution in [0.4, 0.5) is 0 Å². The lowest BCUT2D eigenvalue weighted by molar-refractivity contribution is -0.0960. The highest BCUT2D eigenvalue weighted by Crippen LogP contribution is 2.29. The first-order chi connectivity index (χ1) is 12.7. The van der Waals surface area contributed by atoms with E-state index in [1.165, 1.54) is 0 Å². The van der Waals surface area contributed by atoms with Gasteiger partial charge >= 0.3 is 0 Å². The number of aryl methyl sites for hydroxylation is 2. The smallest absolute Gasteiger partial charge is 0.222 e. The van der Waals surface area contributed by atoms with Crippen molar-refractivity contribution >= 4 is 0 Å². The third-order valence-corrected chi connectivity index (χ3v) is 5.08. The predicted octanol–water partition coefficient (Wildman–Crippen LogP) is 2.30. The van der Waals surface area contributed by atoms with E-state index in [2.05, 4.69) is 15.0 Å². The molecule has 2 aliphatic heterocycles. The van der Waals surface area contributed by atoms with Crippen LogP contribution in [-0.4, -0.2) is 58.2 Å². The van der Waals surface area contributed by atoms with Gasteiger partial charge in [0.05, 0.1) is 36.3 Å². The number of hydrogen-bond acceptors (Lipinski definition) is 6. The minimum atomic E-state index is 0.158. The van der Waals surface area contributed by atoms with Crippen LogP contribution in [0.25, 0.3) is 0 Å². The van der Waals surface area contributed by atoms with Crippen molar-refractivity contribution in [2.24, 2.45) is 7.05 Å². The third-order valence-electron chi connectivity index (χ3n) is 5.08. The van der Waals surface area contributed by atoms with Crippen LogP contribution < -0.4 is 4.74 Å². The molecule has 0 radical (unpaired) electrons. The van der Waals surface area contributed by atoms with Crippen molar-refractivity contribution in [1.29, 1.82) is 0 Å². The van der Waals surface area contributed by atoms with Crippen molar-refractivity contribution in [3.05, 3.63) is 35.8 Å². The summed E-state index contributed by atoms with van der Waals surface area (Å²) >= 11 is 0. The molecule has 0 saturated carbocycles. The lowest BCUT2D eigenvalue weighted by Gasteiger charge is -2.35. The number of rotatable bonds is 5. The van der Waals surface area contributed by atoms with Crippen molar-refractivity contribution < 1.29 is 14.2 Å². The summed E-state index contributed by atoms with van der Waals surface area (Å²) in [6.07, 6.45) is 6.08. The minimum Gasteiger partial charge on any atom is -0.437 e. The molecule has 7 nitrogen and oxygen atoms in total. The van der Waals surface area contributed by atoms with Gasteiger partial charge in [-0.15, -0.1) is 0 Å². The number of hydrogen-bond donors (Lipinski definition) is 0.